The van der Waals surface area contributed by atoms with Crippen molar-refractivity contribution in [2.75, 3.05) is 18.0 Å². The number of fused-ring (bicyclic) bond motifs is 2. The third-order valence-electron chi connectivity index (χ3n) is 6.12. The van der Waals surface area contributed by atoms with Crippen LogP contribution in [-0.2, 0) is 0 Å². The van der Waals surface area contributed by atoms with Crippen LogP contribution < -0.4 is 10.3 Å². The number of hydrogen-bond donors (Lipinski definition) is 0. The number of halogens is 1. The molecule has 0 saturated heterocycles. The number of nitrogens with zero attached hydrogens (tertiary/aromatic N) is 2. The lowest BCUT2D eigenvalue weighted by Crippen LogP contribution is -2.34. The minimum atomic E-state index is -0.471. The third kappa shape index (κ3) is 4.41. The summed E-state index contributed by atoms with van der Waals surface area (Å²) in [6.07, 6.45) is 0.990. The summed E-state index contributed by atoms with van der Waals surface area (Å²) in [5.74, 6) is -1.16. The lowest BCUT2D eigenvalue weighted by molar-refractivity contribution is 0.0651. The van der Waals surface area contributed by atoms with Gasteiger partial charge in [0.15, 0.2) is 11.2 Å². The first-order valence-electron chi connectivity index (χ1n) is 11.5. The van der Waals surface area contributed by atoms with Gasteiger partial charge in [-0.3, -0.25) is 24.1 Å². The van der Waals surface area contributed by atoms with Crippen molar-refractivity contribution >= 4 is 46.0 Å². The molecule has 0 N–H and O–H groups in total. The fraction of sp³-hybridized carbons (Fsp3) is 0.143. The van der Waals surface area contributed by atoms with Crippen molar-refractivity contribution in [2.24, 2.45) is 0 Å². The first kappa shape index (κ1) is 23.5. The van der Waals surface area contributed by atoms with Crippen LogP contribution in [0.4, 0.5) is 5.69 Å². The standard InChI is InChI=1S/C28H21ClN2O5/c29-18-11-13-19(14-12-18)30(28(35)25-17-23(32)22-9-3-4-10-24(22)36-25)15-5-6-16-31-26(33)20-7-1-2-8-21(20)27(31)34/h1-4,7-14,17H,5-6,15-16H2. The predicted octanol–water partition coefficient (Wildman–Crippen LogP) is 5.17. The number of imide groups is 1. The van der Waals surface area contributed by atoms with E-state index in [9.17, 15) is 19.2 Å². The van der Waals surface area contributed by atoms with Gasteiger partial charge in [0.25, 0.3) is 17.7 Å². The highest BCUT2D eigenvalue weighted by Crippen LogP contribution is 2.24. The van der Waals surface area contributed by atoms with E-state index in [0.29, 0.717) is 45.6 Å². The molecule has 2 heterocycles. The first-order chi connectivity index (χ1) is 17.4. The van der Waals surface area contributed by atoms with Crippen molar-refractivity contribution in [3.63, 3.8) is 0 Å². The zero-order valence-electron chi connectivity index (χ0n) is 19.1. The Morgan fingerprint density at radius 1 is 0.833 bits per heavy atom. The molecule has 36 heavy (non-hydrogen) atoms. The van der Waals surface area contributed by atoms with Gasteiger partial charge >= 0.3 is 0 Å². The van der Waals surface area contributed by atoms with Crippen molar-refractivity contribution in [3.05, 3.63) is 111 Å². The Labute approximate surface area is 211 Å². The molecule has 1 aromatic heterocycles. The van der Waals surface area contributed by atoms with Gasteiger partial charge in [0.2, 0.25) is 0 Å². The van der Waals surface area contributed by atoms with Crippen molar-refractivity contribution in [1.29, 1.82) is 0 Å². The molecule has 0 saturated carbocycles. The van der Waals surface area contributed by atoms with E-state index in [4.69, 9.17) is 16.0 Å². The van der Waals surface area contributed by atoms with Crippen LogP contribution in [0.15, 0.2) is 88.1 Å². The molecule has 0 atom stereocenters. The van der Waals surface area contributed by atoms with Gasteiger partial charge in [0.05, 0.1) is 16.5 Å². The fourth-order valence-corrected chi connectivity index (χ4v) is 4.42. The van der Waals surface area contributed by atoms with Crippen LogP contribution in [0.1, 0.15) is 44.1 Å². The molecular formula is C28H21ClN2O5. The Balaban J connectivity index is 1.33. The van der Waals surface area contributed by atoms with Gasteiger partial charge in [-0.1, -0.05) is 35.9 Å². The Bertz CT molecular complexity index is 1510. The van der Waals surface area contributed by atoms with Crippen molar-refractivity contribution in [3.8, 4) is 0 Å². The minimum absolute atomic E-state index is 0.0750. The topological polar surface area (TPSA) is 87.9 Å². The Kier molecular flexibility index (Phi) is 6.40. The summed E-state index contributed by atoms with van der Waals surface area (Å²) >= 11 is 6.03. The monoisotopic (exact) mass is 500 g/mol. The SMILES string of the molecule is O=C1c2ccccc2C(=O)N1CCCCN(C(=O)c1cc(=O)c2ccccc2o1)c1ccc(Cl)cc1. The van der Waals surface area contributed by atoms with Crippen LogP contribution in [-0.4, -0.2) is 35.7 Å². The van der Waals surface area contributed by atoms with Gasteiger partial charge in [0, 0.05) is 29.9 Å². The fourth-order valence-electron chi connectivity index (χ4n) is 4.29. The molecule has 1 aliphatic rings. The van der Waals surface area contributed by atoms with E-state index in [0.717, 1.165) is 0 Å². The number of benzene rings is 3. The molecule has 3 aromatic carbocycles. The Morgan fingerprint density at radius 3 is 2.17 bits per heavy atom. The van der Waals surface area contributed by atoms with E-state index in [1.165, 1.54) is 15.9 Å². The second-order valence-corrected chi connectivity index (χ2v) is 8.86. The van der Waals surface area contributed by atoms with Gasteiger partial charge in [-0.15, -0.1) is 0 Å². The van der Waals surface area contributed by atoms with Gasteiger partial charge in [-0.25, -0.2) is 0 Å². The van der Waals surface area contributed by atoms with Crippen LogP contribution >= 0.6 is 11.6 Å². The number of amides is 3. The number of hydrogen-bond acceptors (Lipinski definition) is 5. The van der Waals surface area contributed by atoms with Crippen LogP contribution in [0.2, 0.25) is 5.02 Å². The maximum atomic E-state index is 13.5. The van der Waals surface area contributed by atoms with E-state index in [1.54, 1.807) is 72.8 Å². The quantitative estimate of drug-likeness (QED) is 0.258. The molecule has 5 rings (SSSR count). The van der Waals surface area contributed by atoms with E-state index in [1.807, 2.05) is 0 Å². The molecule has 1 aliphatic heterocycles. The van der Waals surface area contributed by atoms with Gasteiger partial charge < -0.3 is 9.32 Å². The normalized spacial score (nSPS) is 12.8. The summed E-state index contributed by atoms with van der Waals surface area (Å²) in [6.45, 7) is 0.514. The van der Waals surface area contributed by atoms with Crippen LogP contribution in [0.25, 0.3) is 11.0 Å². The number of unbranched alkanes of at least 4 members (excludes halogenated alkanes) is 1. The maximum absolute atomic E-state index is 13.5. The molecule has 8 heteroatoms. The largest absolute Gasteiger partial charge is 0.451 e. The third-order valence-corrected chi connectivity index (χ3v) is 6.37. The second kappa shape index (κ2) is 9.79. The zero-order valence-corrected chi connectivity index (χ0v) is 19.9. The Morgan fingerprint density at radius 2 is 1.47 bits per heavy atom. The summed E-state index contributed by atoms with van der Waals surface area (Å²) in [4.78, 5) is 54.0. The molecule has 7 nitrogen and oxygen atoms in total. The minimum Gasteiger partial charge on any atom is -0.451 e. The highest BCUT2D eigenvalue weighted by atomic mass is 35.5. The molecule has 180 valence electrons. The molecule has 0 radical (unpaired) electrons. The summed E-state index contributed by atoms with van der Waals surface area (Å²) in [6, 6.07) is 21.5. The first-order valence-corrected chi connectivity index (χ1v) is 11.9. The number of carbonyl (C=O) groups is 3. The van der Waals surface area contributed by atoms with E-state index >= 15 is 0 Å². The summed E-state index contributed by atoms with van der Waals surface area (Å²) in [7, 11) is 0. The zero-order chi connectivity index (χ0) is 25.2. The lowest BCUT2D eigenvalue weighted by atomic mass is 10.1. The summed E-state index contributed by atoms with van der Waals surface area (Å²) in [5, 5.41) is 0.919. The van der Waals surface area contributed by atoms with Gasteiger partial charge in [-0.2, -0.15) is 0 Å². The number of carbonyl (C=O) groups excluding carboxylic acids is 3. The van der Waals surface area contributed by atoms with Crippen LogP contribution in [0, 0.1) is 0 Å². The molecular weight excluding hydrogens is 480 g/mol. The smallest absolute Gasteiger partial charge is 0.294 e. The molecule has 0 bridgehead atoms. The summed E-state index contributed by atoms with van der Waals surface area (Å²) in [5.41, 5.74) is 1.43. The van der Waals surface area contributed by atoms with Gasteiger partial charge in [0.1, 0.15) is 5.58 Å². The van der Waals surface area contributed by atoms with Crippen molar-refractivity contribution < 1.29 is 18.8 Å². The molecule has 4 aromatic rings. The van der Waals surface area contributed by atoms with Gasteiger partial charge in [-0.05, 0) is 61.4 Å². The molecule has 3 amide bonds. The lowest BCUT2D eigenvalue weighted by Gasteiger charge is -2.23. The maximum Gasteiger partial charge on any atom is 0.294 e. The summed E-state index contributed by atoms with van der Waals surface area (Å²) < 4.78 is 5.77. The average Bonchev–Trinajstić information content (AvgIpc) is 3.14. The number of rotatable bonds is 7. The average molecular weight is 501 g/mol. The number of anilines is 1. The highest BCUT2D eigenvalue weighted by Gasteiger charge is 2.34. The van der Waals surface area contributed by atoms with E-state index < -0.39 is 5.91 Å². The molecule has 0 aliphatic carbocycles. The highest BCUT2D eigenvalue weighted by molar-refractivity contribution is 6.30. The van der Waals surface area contributed by atoms with E-state index in [2.05, 4.69) is 0 Å². The molecule has 0 fully saturated rings. The second-order valence-electron chi connectivity index (χ2n) is 8.42. The Hall–Kier alpha value is -4.23. The van der Waals surface area contributed by atoms with Crippen molar-refractivity contribution in [1.82, 2.24) is 4.90 Å². The van der Waals surface area contributed by atoms with Crippen LogP contribution in [0.3, 0.4) is 0 Å². The predicted molar refractivity (Wildman–Crippen MR) is 137 cm³/mol. The number of para-hydroxylation sites is 1. The van der Waals surface area contributed by atoms with E-state index in [-0.39, 0.29) is 36.1 Å². The van der Waals surface area contributed by atoms with Crippen molar-refractivity contribution in [2.45, 2.75) is 12.8 Å². The molecule has 0 unspecified atom stereocenters. The molecule has 0 spiro atoms. The van der Waals surface area contributed by atoms with Crippen LogP contribution in [0.5, 0.6) is 0 Å².